The standard InChI is InChI=1S/C15H30N2OS/c1-5-14(11-19-4)17(3)15(18)9-12(2)13-7-6-8-16-10-13/h12-14,16H,5-11H2,1-4H3. The molecule has 1 amide bonds. The summed E-state index contributed by atoms with van der Waals surface area (Å²) in [6.45, 7) is 6.63. The topological polar surface area (TPSA) is 32.3 Å². The Hall–Kier alpha value is -0.220. The molecule has 0 aromatic heterocycles. The number of nitrogens with one attached hydrogen (secondary N) is 1. The van der Waals surface area contributed by atoms with Crippen LogP contribution in [0.15, 0.2) is 0 Å². The molecule has 112 valence electrons. The second-order valence-electron chi connectivity index (χ2n) is 5.81. The van der Waals surface area contributed by atoms with E-state index < -0.39 is 0 Å². The average Bonchev–Trinajstić information content (AvgIpc) is 2.44. The number of amides is 1. The summed E-state index contributed by atoms with van der Waals surface area (Å²) in [6, 6.07) is 0.388. The van der Waals surface area contributed by atoms with Gasteiger partial charge in [-0.05, 0) is 50.4 Å². The predicted octanol–water partition coefficient (Wildman–Crippen LogP) is 2.61. The van der Waals surface area contributed by atoms with E-state index in [-0.39, 0.29) is 0 Å². The first kappa shape index (κ1) is 16.8. The molecule has 3 nitrogen and oxygen atoms in total. The Morgan fingerprint density at radius 3 is 2.79 bits per heavy atom. The van der Waals surface area contributed by atoms with Gasteiger partial charge in [0.2, 0.25) is 5.91 Å². The normalized spacial score (nSPS) is 22.8. The zero-order valence-corrected chi connectivity index (χ0v) is 13.8. The van der Waals surface area contributed by atoms with Crippen molar-refractivity contribution in [3.8, 4) is 0 Å². The van der Waals surface area contributed by atoms with E-state index in [0.717, 1.165) is 25.3 Å². The maximum absolute atomic E-state index is 12.4. The SMILES string of the molecule is CCC(CSC)N(C)C(=O)CC(C)C1CCCNC1. The highest BCUT2D eigenvalue weighted by atomic mass is 32.2. The lowest BCUT2D eigenvalue weighted by Gasteiger charge is -2.31. The Balaban J connectivity index is 2.43. The average molecular weight is 286 g/mol. The van der Waals surface area contributed by atoms with Gasteiger partial charge in [0.25, 0.3) is 0 Å². The molecule has 3 atom stereocenters. The molecule has 0 bridgehead atoms. The molecule has 1 aliphatic heterocycles. The Labute approximate surface area is 122 Å². The van der Waals surface area contributed by atoms with Gasteiger partial charge in [-0.3, -0.25) is 4.79 Å². The summed E-state index contributed by atoms with van der Waals surface area (Å²) in [5.74, 6) is 2.53. The summed E-state index contributed by atoms with van der Waals surface area (Å²) >= 11 is 1.82. The van der Waals surface area contributed by atoms with Crippen LogP contribution < -0.4 is 5.32 Å². The fraction of sp³-hybridized carbons (Fsp3) is 0.933. The van der Waals surface area contributed by atoms with Crippen LogP contribution in [-0.4, -0.2) is 49.0 Å². The minimum absolute atomic E-state index is 0.318. The van der Waals surface area contributed by atoms with E-state index in [1.807, 2.05) is 23.7 Å². The molecule has 3 unspecified atom stereocenters. The first-order valence-corrected chi connectivity index (χ1v) is 8.94. The largest absolute Gasteiger partial charge is 0.342 e. The summed E-state index contributed by atoms with van der Waals surface area (Å²) < 4.78 is 0. The Bertz CT molecular complexity index is 267. The minimum atomic E-state index is 0.318. The third kappa shape index (κ3) is 5.35. The molecule has 4 heteroatoms. The number of carbonyl (C=O) groups is 1. The lowest BCUT2D eigenvalue weighted by molar-refractivity contribution is -0.133. The molecule has 1 fully saturated rings. The first-order valence-electron chi connectivity index (χ1n) is 7.55. The quantitative estimate of drug-likeness (QED) is 0.781. The number of carbonyl (C=O) groups excluding carboxylic acids is 1. The van der Waals surface area contributed by atoms with Gasteiger partial charge in [0.05, 0.1) is 0 Å². The molecule has 1 N–H and O–H groups in total. The maximum Gasteiger partial charge on any atom is 0.222 e. The lowest BCUT2D eigenvalue weighted by Crippen LogP contribution is -2.40. The van der Waals surface area contributed by atoms with E-state index in [1.165, 1.54) is 12.8 Å². The second kappa shape index (κ2) is 8.85. The van der Waals surface area contributed by atoms with E-state index >= 15 is 0 Å². The number of hydrogen-bond donors (Lipinski definition) is 1. The smallest absolute Gasteiger partial charge is 0.222 e. The van der Waals surface area contributed by atoms with Crippen LogP contribution in [0, 0.1) is 11.8 Å². The van der Waals surface area contributed by atoms with Gasteiger partial charge >= 0.3 is 0 Å². The summed E-state index contributed by atoms with van der Waals surface area (Å²) in [4.78, 5) is 14.3. The van der Waals surface area contributed by atoms with Crippen molar-refractivity contribution in [2.24, 2.45) is 11.8 Å². The van der Waals surface area contributed by atoms with E-state index in [9.17, 15) is 4.79 Å². The molecule has 0 radical (unpaired) electrons. The highest BCUT2D eigenvalue weighted by molar-refractivity contribution is 7.98. The van der Waals surface area contributed by atoms with Crippen LogP contribution in [0.5, 0.6) is 0 Å². The van der Waals surface area contributed by atoms with Gasteiger partial charge in [0, 0.05) is 25.3 Å². The lowest BCUT2D eigenvalue weighted by atomic mass is 9.85. The van der Waals surface area contributed by atoms with Crippen molar-refractivity contribution in [2.45, 2.75) is 45.6 Å². The molecular weight excluding hydrogens is 256 g/mol. The molecule has 1 rings (SSSR count). The zero-order valence-electron chi connectivity index (χ0n) is 12.9. The van der Waals surface area contributed by atoms with E-state index in [0.29, 0.717) is 30.2 Å². The van der Waals surface area contributed by atoms with Gasteiger partial charge in [0.15, 0.2) is 0 Å². The number of rotatable bonds is 7. The Kier molecular flexibility index (Phi) is 7.84. The van der Waals surface area contributed by atoms with Gasteiger partial charge < -0.3 is 10.2 Å². The van der Waals surface area contributed by atoms with Crippen LogP contribution in [0.1, 0.15) is 39.5 Å². The zero-order chi connectivity index (χ0) is 14.3. The number of thioether (sulfide) groups is 1. The summed E-state index contributed by atoms with van der Waals surface area (Å²) in [6.07, 6.45) is 6.38. The third-order valence-corrected chi connectivity index (χ3v) is 5.13. The highest BCUT2D eigenvalue weighted by Gasteiger charge is 2.25. The number of hydrogen-bond acceptors (Lipinski definition) is 3. The monoisotopic (exact) mass is 286 g/mol. The number of piperidine rings is 1. The molecular formula is C15H30N2OS. The fourth-order valence-electron chi connectivity index (χ4n) is 2.85. The van der Waals surface area contributed by atoms with Gasteiger partial charge in [0.1, 0.15) is 0 Å². The van der Waals surface area contributed by atoms with Gasteiger partial charge in [-0.2, -0.15) is 11.8 Å². The van der Waals surface area contributed by atoms with E-state index in [2.05, 4.69) is 25.4 Å². The van der Waals surface area contributed by atoms with Crippen molar-refractivity contribution < 1.29 is 4.79 Å². The van der Waals surface area contributed by atoms with Crippen LogP contribution in [0.4, 0.5) is 0 Å². The molecule has 1 heterocycles. The van der Waals surface area contributed by atoms with Gasteiger partial charge in [-0.25, -0.2) is 0 Å². The maximum atomic E-state index is 12.4. The van der Waals surface area contributed by atoms with Crippen molar-refractivity contribution in [3.63, 3.8) is 0 Å². The van der Waals surface area contributed by atoms with Crippen molar-refractivity contribution in [1.82, 2.24) is 10.2 Å². The summed E-state index contributed by atoms with van der Waals surface area (Å²) in [5, 5.41) is 3.44. The molecule has 0 spiro atoms. The van der Waals surface area contributed by atoms with Crippen LogP contribution in [0.25, 0.3) is 0 Å². The van der Waals surface area contributed by atoms with Crippen LogP contribution in [-0.2, 0) is 4.79 Å². The van der Waals surface area contributed by atoms with Gasteiger partial charge in [-0.15, -0.1) is 0 Å². The molecule has 0 saturated carbocycles. The third-order valence-electron chi connectivity index (χ3n) is 4.41. The van der Waals surface area contributed by atoms with Crippen LogP contribution in [0.3, 0.4) is 0 Å². The summed E-state index contributed by atoms with van der Waals surface area (Å²) in [5.41, 5.74) is 0. The molecule has 19 heavy (non-hydrogen) atoms. The molecule has 0 aliphatic carbocycles. The van der Waals surface area contributed by atoms with Gasteiger partial charge in [-0.1, -0.05) is 13.8 Å². The molecule has 1 saturated heterocycles. The summed E-state index contributed by atoms with van der Waals surface area (Å²) in [7, 11) is 1.97. The van der Waals surface area contributed by atoms with Crippen molar-refractivity contribution in [1.29, 1.82) is 0 Å². The molecule has 0 aromatic carbocycles. The van der Waals surface area contributed by atoms with Crippen LogP contribution in [0.2, 0.25) is 0 Å². The predicted molar refractivity (Wildman–Crippen MR) is 84.6 cm³/mol. The van der Waals surface area contributed by atoms with Crippen molar-refractivity contribution >= 4 is 17.7 Å². The Morgan fingerprint density at radius 2 is 2.26 bits per heavy atom. The first-order chi connectivity index (χ1) is 9.10. The van der Waals surface area contributed by atoms with E-state index in [4.69, 9.17) is 0 Å². The van der Waals surface area contributed by atoms with Crippen LogP contribution >= 0.6 is 11.8 Å². The fourth-order valence-corrected chi connectivity index (χ4v) is 3.69. The van der Waals surface area contributed by atoms with Crippen molar-refractivity contribution in [3.05, 3.63) is 0 Å². The minimum Gasteiger partial charge on any atom is -0.342 e. The number of nitrogens with zero attached hydrogens (tertiary/aromatic N) is 1. The highest BCUT2D eigenvalue weighted by Crippen LogP contribution is 2.23. The second-order valence-corrected chi connectivity index (χ2v) is 6.72. The Morgan fingerprint density at radius 1 is 1.53 bits per heavy atom. The van der Waals surface area contributed by atoms with E-state index in [1.54, 1.807) is 0 Å². The molecule has 0 aromatic rings. The van der Waals surface area contributed by atoms with Crippen molar-refractivity contribution in [2.75, 3.05) is 32.1 Å². The molecule has 1 aliphatic rings.